The molecule has 0 bridgehead atoms. The predicted octanol–water partition coefficient (Wildman–Crippen LogP) is 1.80. The first kappa shape index (κ1) is 17.7. The third-order valence-corrected chi connectivity index (χ3v) is 2.38. The van der Waals surface area contributed by atoms with Crippen LogP contribution in [0.1, 0.15) is 15.9 Å². The van der Waals surface area contributed by atoms with Crippen molar-refractivity contribution in [1.29, 1.82) is 0 Å². The van der Waals surface area contributed by atoms with Gasteiger partial charge in [0.15, 0.2) is 5.78 Å². The number of carbonyl (C=O) groups excluding carboxylic acids is 1. The van der Waals surface area contributed by atoms with Gasteiger partial charge in [-0.15, -0.1) is 0 Å². The van der Waals surface area contributed by atoms with Crippen molar-refractivity contribution in [3.05, 3.63) is 75.8 Å². The maximum atomic E-state index is 12.1. The lowest BCUT2D eigenvalue weighted by Gasteiger charge is -2.01. The normalized spacial score (nSPS) is 10.3. The quantitative estimate of drug-likeness (QED) is 0.336. The zero-order valence-electron chi connectivity index (χ0n) is 11.5. The Hall–Kier alpha value is -2.38. The van der Waals surface area contributed by atoms with Crippen LogP contribution >= 0.6 is 7.59 Å². The molecule has 0 aliphatic rings. The third-order valence-electron chi connectivity index (χ3n) is 2.38. The van der Waals surface area contributed by atoms with Crippen LogP contribution in [0.2, 0.25) is 0 Å². The number of nitro groups is 1. The van der Waals surface area contributed by atoms with E-state index in [1.165, 1.54) is 12.1 Å². The number of nitro benzene ring substituents is 1. The second kappa shape index (κ2) is 7.58. The molecule has 8 nitrogen and oxygen atoms in total. The van der Waals surface area contributed by atoms with E-state index < -0.39 is 12.5 Å². The Morgan fingerprint density at radius 1 is 0.955 bits per heavy atom. The molecule has 0 fully saturated rings. The van der Waals surface area contributed by atoms with Crippen molar-refractivity contribution in [3.63, 3.8) is 0 Å². The van der Waals surface area contributed by atoms with Gasteiger partial charge < -0.3 is 0 Å². The molecular formula is C13H15N4O4P. The van der Waals surface area contributed by atoms with Gasteiger partial charge in [-0.1, -0.05) is 42.5 Å². The van der Waals surface area contributed by atoms with Gasteiger partial charge in [-0.2, -0.15) is 0 Å². The first-order chi connectivity index (χ1) is 10.2. The van der Waals surface area contributed by atoms with Crippen LogP contribution in [-0.2, 0) is 4.57 Å². The van der Waals surface area contributed by atoms with Gasteiger partial charge in [0.05, 0.1) is 4.92 Å². The smallest absolute Gasteiger partial charge is 0.280 e. The fraction of sp³-hybridized carbons (Fsp3) is 0. The summed E-state index contributed by atoms with van der Waals surface area (Å²) in [4.78, 5) is 22.3. The van der Waals surface area contributed by atoms with Gasteiger partial charge >= 0.3 is 0 Å². The molecule has 116 valence electrons. The zero-order chi connectivity index (χ0) is 16.8. The van der Waals surface area contributed by atoms with Crippen LogP contribution in [0.15, 0.2) is 54.6 Å². The van der Waals surface area contributed by atoms with E-state index in [2.05, 4.69) is 16.5 Å². The van der Waals surface area contributed by atoms with Crippen LogP contribution in [0.25, 0.3) is 0 Å². The van der Waals surface area contributed by atoms with Crippen molar-refractivity contribution in [2.75, 3.05) is 0 Å². The van der Waals surface area contributed by atoms with E-state index in [1.807, 2.05) is 0 Å². The maximum absolute atomic E-state index is 12.1. The average molecular weight is 322 g/mol. The highest BCUT2D eigenvalue weighted by Gasteiger charge is 2.19. The minimum absolute atomic E-state index is 0.115. The van der Waals surface area contributed by atoms with Crippen LogP contribution in [-0.4, -0.2) is 10.7 Å². The molecule has 2 aromatic carbocycles. The summed E-state index contributed by atoms with van der Waals surface area (Å²) in [7, 11) is -3.14. The Morgan fingerprint density at radius 2 is 1.41 bits per heavy atom. The molecule has 0 aliphatic carbocycles. The summed E-state index contributed by atoms with van der Waals surface area (Å²) < 4.78 is 9.55. The number of carbonyl (C=O) groups is 1. The molecule has 0 radical (unpaired) electrons. The monoisotopic (exact) mass is 322 g/mol. The van der Waals surface area contributed by atoms with Crippen molar-refractivity contribution in [2.24, 2.45) is 16.5 Å². The zero-order valence-corrected chi connectivity index (χ0v) is 12.4. The molecule has 0 spiro atoms. The number of nitrogens with zero attached hydrogens (tertiary/aromatic N) is 1. The van der Waals surface area contributed by atoms with Gasteiger partial charge in [-0.25, -0.2) is 0 Å². The SMILES string of the molecule is NP(N)(N)=O.O=C(c1ccccc1)c1ccccc1[N+](=O)[O-]. The number of benzene rings is 2. The summed E-state index contributed by atoms with van der Waals surface area (Å²) >= 11 is 0. The van der Waals surface area contributed by atoms with Gasteiger partial charge in [-0.3, -0.25) is 36.0 Å². The molecule has 0 aliphatic heterocycles. The summed E-state index contributed by atoms with van der Waals surface area (Å²) in [6.45, 7) is 0. The molecule has 0 unspecified atom stereocenters. The Labute approximate surface area is 126 Å². The summed E-state index contributed by atoms with van der Waals surface area (Å²) in [5.41, 5.74) is 13.8. The van der Waals surface area contributed by atoms with Gasteiger partial charge in [0.25, 0.3) is 13.3 Å². The standard InChI is InChI=1S/C13H9NO3.H6N3OP/c15-13(10-6-2-1-3-7-10)11-8-4-5-9-12(11)14(16)17;1-5(2,3)4/h1-9H;(H6,1,2,3,4). The van der Waals surface area contributed by atoms with Crippen LogP contribution in [0, 0.1) is 10.1 Å². The topological polar surface area (TPSA) is 155 Å². The molecule has 2 rings (SSSR count). The molecule has 0 amide bonds. The van der Waals surface area contributed by atoms with E-state index in [0.717, 1.165) is 0 Å². The van der Waals surface area contributed by atoms with E-state index in [-0.39, 0.29) is 17.0 Å². The van der Waals surface area contributed by atoms with Crippen molar-refractivity contribution in [2.45, 2.75) is 0 Å². The largest absolute Gasteiger partial charge is 0.288 e. The summed E-state index contributed by atoms with van der Waals surface area (Å²) in [6, 6.07) is 14.5. The number of rotatable bonds is 3. The van der Waals surface area contributed by atoms with E-state index in [9.17, 15) is 19.5 Å². The third kappa shape index (κ3) is 5.94. The molecule has 0 aromatic heterocycles. The van der Waals surface area contributed by atoms with Crippen LogP contribution < -0.4 is 16.5 Å². The van der Waals surface area contributed by atoms with Gasteiger partial charge in [-0.05, 0) is 6.07 Å². The molecule has 0 saturated heterocycles. The Balaban J connectivity index is 0.000000422. The first-order valence-corrected chi connectivity index (χ1v) is 7.90. The lowest BCUT2D eigenvalue weighted by Crippen LogP contribution is -2.12. The molecule has 9 heteroatoms. The molecule has 22 heavy (non-hydrogen) atoms. The van der Waals surface area contributed by atoms with Crippen LogP contribution in [0.4, 0.5) is 5.69 Å². The lowest BCUT2D eigenvalue weighted by atomic mass is 10.0. The van der Waals surface area contributed by atoms with Gasteiger partial charge in [0.1, 0.15) is 5.56 Å². The van der Waals surface area contributed by atoms with E-state index >= 15 is 0 Å². The highest BCUT2D eigenvalue weighted by Crippen LogP contribution is 2.20. The molecular weight excluding hydrogens is 307 g/mol. The predicted molar refractivity (Wildman–Crippen MR) is 83.1 cm³/mol. The fourth-order valence-electron chi connectivity index (χ4n) is 1.57. The van der Waals surface area contributed by atoms with Crippen molar-refractivity contribution < 1.29 is 14.3 Å². The van der Waals surface area contributed by atoms with Gasteiger partial charge in [0.2, 0.25) is 0 Å². The molecule has 0 saturated carbocycles. The summed E-state index contributed by atoms with van der Waals surface area (Å²) in [6.07, 6.45) is 0. The summed E-state index contributed by atoms with van der Waals surface area (Å²) in [5, 5.41) is 10.8. The Morgan fingerprint density at radius 3 is 1.91 bits per heavy atom. The minimum Gasteiger partial charge on any atom is -0.288 e. The number of nitrogens with two attached hydrogens (primary N) is 3. The molecule has 0 heterocycles. The van der Waals surface area contributed by atoms with E-state index in [1.54, 1.807) is 42.5 Å². The highest BCUT2D eigenvalue weighted by atomic mass is 31.2. The molecule has 2 aromatic rings. The first-order valence-electron chi connectivity index (χ1n) is 5.99. The van der Waals surface area contributed by atoms with E-state index in [0.29, 0.717) is 5.56 Å². The molecule has 6 N–H and O–H groups in total. The molecule has 0 atom stereocenters. The summed E-state index contributed by atoms with van der Waals surface area (Å²) in [5.74, 6) is -0.335. The second-order valence-electron chi connectivity index (χ2n) is 4.23. The van der Waals surface area contributed by atoms with E-state index in [4.69, 9.17) is 0 Å². The van der Waals surface area contributed by atoms with Crippen molar-refractivity contribution in [3.8, 4) is 0 Å². The lowest BCUT2D eigenvalue weighted by molar-refractivity contribution is -0.385. The number of hydrogen-bond acceptors (Lipinski definition) is 4. The maximum Gasteiger partial charge on any atom is 0.280 e. The van der Waals surface area contributed by atoms with Crippen LogP contribution in [0.5, 0.6) is 0 Å². The highest BCUT2D eigenvalue weighted by molar-refractivity contribution is 7.56. The van der Waals surface area contributed by atoms with Crippen molar-refractivity contribution >= 4 is 19.1 Å². The fourth-order valence-corrected chi connectivity index (χ4v) is 1.57. The van der Waals surface area contributed by atoms with Crippen molar-refractivity contribution in [1.82, 2.24) is 0 Å². The minimum atomic E-state index is -3.14. The second-order valence-corrected chi connectivity index (χ2v) is 5.76. The number of para-hydroxylation sites is 1. The number of ketones is 1. The van der Waals surface area contributed by atoms with Gasteiger partial charge in [0, 0.05) is 11.6 Å². The Kier molecular flexibility index (Phi) is 6.09. The number of hydrogen-bond donors (Lipinski definition) is 3. The average Bonchev–Trinajstić information content (AvgIpc) is 2.45. The Bertz CT molecular complexity index is 707. The van der Waals surface area contributed by atoms with Crippen LogP contribution in [0.3, 0.4) is 0 Å².